The van der Waals surface area contributed by atoms with Gasteiger partial charge in [0.05, 0.1) is 17.8 Å². The third-order valence-corrected chi connectivity index (χ3v) is 6.00. The number of aromatic nitrogens is 6. The normalized spacial score (nSPS) is 15.3. The van der Waals surface area contributed by atoms with Gasteiger partial charge in [0.1, 0.15) is 5.82 Å². The maximum Gasteiger partial charge on any atom is 0.434 e. The predicted octanol–water partition coefficient (Wildman–Crippen LogP) is 3.64. The van der Waals surface area contributed by atoms with Crippen molar-refractivity contribution in [3.05, 3.63) is 35.7 Å². The molecule has 0 amide bonds. The summed E-state index contributed by atoms with van der Waals surface area (Å²) in [6.45, 7) is 1.91. The predicted molar refractivity (Wildman–Crippen MR) is 110 cm³/mol. The van der Waals surface area contributed by atoms with E-state index < -0.39 is 11.9 Å². The molecule has 1 aliphatic rings. The summed E-state index contributed by atoms with van der Waals surface area (Å²) in [7, 11) is 0. The SMILES string of the molecule is Nc1ncc(-c2cnn(C3CCNCC3)c2)cc1-c1nnc(-c2nc(C(F)(F)F)cs2)o1. The van der Waals surface area contributed by atoms with Crippen LogP contribution in [0.2, 0.25) is 0 Å². The number of halogens is 3. The van der Waals surface area contributed by atoms with Crippen LogP contribution in [0.1, 0.15) is 24.6 Å². The van der Waals surface area contributed by atoms with Gasteiger partial charge in [0, 0.05) is 28.9 Å². The van der Waals surface area contributed by atoms with Gasteiger partial charge in [0.15, 0.2) is 10.7 Å². The van der Waals surface area contributed by atoms with Crippen LogP contribution in [-0.4, -0.2) is 43.0 Å². The average molecular weight is 462 g/mol. The Bertz CT molecular complexity index is 1240. The molecule has 0 bridgehead atoms. The van der Waals surface area contributed by atoms with Crippen LogP contribution in [0.4, 0.5) is 19.0 Å². The number of hydrogen-bond acceptors (Lipinski definition) is 9. The highest BCUT2D eigenvalue weighted by Crippen LogP contribution is 2.35. The van der Waals surface area contributed by atoms with Crippen LogP contribution in [0.5, 0.6) is 0 Å². The van der Waals surface area contributed by atoms with Crippen molar-refractivity contribution in [3.8, 4) is 33.5 Å². The van der Waals surface area contributed by atoms with Gasteiger partial charge >= 0.3 is 6.18 Å². The van der Waals surface area contributed by atoms with Crippen LogP contribution in [0.15, 0.2) is 34.5 Å². The first-order chi connectivity index (χ1) is 15.4. The zero-order valence-electron chi connectivity index (χ0n) is 16.5. The van der Waals surface area contributed by atoms with E-state index in [0.717, 1.165) is 53.8 Å². The van der Waals surface area contributed by atoms with Crippen molar-refractivity contribution < 1.29 is 17.6 Å². The third-order valence-electron chi connectivity index (χ3n) is 5.17. The number of hydrogen-bond donors (Lipinski definition) is 2. The first kappa shape index (κ1) is 20.6. The monoisotopic (exact) mass is 462 g/mol. The fourth-order valence-electron chi connectivity index (χ4n) is 3.48. The Balaban J connectivity index is 1.43. The molecule has 0 aromatic carbocycles. The van der Waals surface area contributed by atoms with Gasteiger partial charge in [0.2, 0.25) is 0 Å². The Morgan fingerprint density at radius 3 is 2.66 bits per heavy atom. The first-order valence-electron chi connectivity index (χ1n) is 9.76. The van der Waals surface area contributed by atoms with Gasteiger partial charge in [-0.2, -0.15) is 18.3 Å². The van der Waals surface area contributed by atoms with E-state index in [0.29, 0.717) is 11.6 Å². The molecule has 0 unspecified atom stereocenters. The maximum atomic E-state index is 12.8. The zero-order valence-corrected chi connectivity index (χ0v) is 17.3. The number of nitrogen functional groups attached to an aromatic ring is 1. The van der Waals surface area contributed by atoms with Crippen molar-refractivity contribution in [3.63, 3.8) is 0 Å². The number of thiazole rings is 1. The Morgan fingerprint density at radius 2 is 1.91 bits per heavy atom. The topological polar surface area (TPSA) is 121 Å². The molecule has 0 atom stereocenters. The summed E-state index contributed by atoms with van der Waals surface area (Å²) in [6, 6.07) is 2.08. The van der Waals surface area contributed by atoms with Crippen molar-refractivity contribution >= 4 is 17.2 Å². The number of anilines is 1. The summed E-state index contributed by atoms with van der Waals surface area (Å²) in [5.41, 5.74) is 6.98. The molecule has 3 N–H and O–H groups in total. The van der Waals surface area contributed by atoms with E-state index in [1.54, 1.807) is 18.5 Å². The lowest BCUT2D eigenvalue weighted by molar-refractivity contribution is -0.140. The summed E-state index contributed by atoms with van der Waals surface area (Å²) in [6.07, 6.45) is 2.80. The van der Waals surface area contributed by atoms with Crippen LogP contribution >= 0.6 is 11.3 Å². The second-order valence-electron chi connectivity index (χ2n) is 7.30. The van der Waals surface area contributed by atoms with Crippen molar-refractivity contribution in [2.45, 2.75) is 25.1 Å². The molecule has 0 radical (unpaired) electrons. The van der Waals surface area contributed by atoms with E-state index in [1.165, 1.54) is 0 Å². The van der Waals surface area contributed by atoms with Crippen molar-refractivity contribution in [1.29, 1.82) is 0 Å². The smallest absolute Gasteiger partial charge is 0.414 e. The van der Waals surface area contributed by atoms with Crippen LogP contribution in [0.3, 0.4) is 0 Å². The number of rotatable bonds is 4. The molecule has 0 aliphatic carbocycles. The van der Waals surface area contributed by atoms with Crippen LogP contribution in [0.25, 0.3) is 33.5 Å². The second kappa shape index (κ2) is 7.98. The molecule has 1 aliphatic heterocycles. The van der Waals surface area contributed by atoms with E-state index in [9.17, 15) is 13.2 Å². The Labute approximate surface area is 183 Å². The van der Waals surface area contributed by atoms with E-state index in [4.69, 9.17) is 10.2 Å². The molecule has 5 rings (SSSR count). The number of pyridine rings is 1. The fourth-order valence-corrected chi connectivity index (χ4v) is 4.23. The molecule has 13 heteroatoms. The highest BCUT2D eigenvalue weighted by molar-refractivity contribution is 7.13. The van der Waals surface area contributed by atoms with Crippen molar-refractivity contribution in [2.24, 2.45) is 0 Å². The average Bonchev–Trinajstić information content (AvgIpc) is 3.54. The number of nitrogens with two attached hydrogens (primary N) is 1. The molecule has 1 fully saturated rings. The van der Waals surface area contributed by atoms with Crippen LogP contribution < -0.4 is 11.1 Å². The third kappa shape index (κ3) is 3.96. The molecular formula is C19H17F3N8OS. The van der Waals surface area contributed by atoms with Crippen molar-refractivity contribution in [1.82, 2.24) is 35.3 Å². The molecule has 166 valence electrons. The van der Waals surface area contributed by atoms with E-state index in [1.807, 2.05) is 10.9 Å². The molecular weight excluding hydrogens is 445 g/mol. The molecule has 1 saturated heterocycles. The molecule has 32 heavy (non-hydrogen) atoms. The summed E-state index contributed by atoms with van der Waals surface area (Å²) in [5.74, 6) is 0.0789. The van der Waals surface area contributed by atoms with Gasteiger partial charge in [-0.1, -0.05) is 0 Å². The Kier molecular flexibility index (Phi) is 5.13. The Hall–Kier alpha value is -3.32. The minimum Gasteiger partial charge on any atom is -0.414 e. The van der Waals surface area contributed by atoms with Gasteiger partial charge in [-0.15, -0.1) is 21.5 Å². The summed E-state index contributed by atoms with van der Waals surface area (Å²) in [4.78, 5) is 7.74. The van der Waals surface area contributed by atoms with Gasteiger partial charge in [0.25, 0.3) is 11.8 Å². The highest BCUT2D eigenvalue weighted by Gasteiger charge is 2.34. The minimum absolute atomic E-state index is 0.0259. The number of alkyl halides is 3. The molecule has 4 aromatic heterocycles. The number of nitrogens with one attached hydrogen (secondary N) is 1. The maximum absolute atomic E-state index is 12.8. The second-order valence-corrected chi connectivity index (χ2v) is 8.15. The molecule has 0 spiro atoms. The van der Waals surface area contributed by atoms with Crippen LogP contribution in [-0.2, 0) is 6.18 Å². The first-order valence-corrected chi connectivity index (χ1v) is 10.6. The van der Waals surface area contributed by atoms with E-state index in [2.05, 4.69) is 30.6 Å². The lowest BCUT2D eigenvalue weighted by atomic mass is 10.1. The van der Waals surface area contributed by atoms with Crippen LogP contribution in [0, 0.1) is 0 Å². The quantitative estimate of drug-likeness (QED) is 0.472. The van der Waals surface area contributed by atoms with Crippen molar-refractivity contribution in [2.75, 3.05) is 18.8 Å². The molecule has 9 nitrogen and oxygen atoms in total. The highest BCUT2D eigenvalue weighted by atomic mass is 32.1. The van der Waals surface area contributed by atoms with E-state index in [-0.39, 0.29) is 22.6 Å². The fraction of sp³-hybridized carbons (Fsp3) is 0.316. The van der Waals surface area contributed by atoms with Gasteiger partial charge < -0.3 is 15.5 Å². The molecule has 4 aromatic rings. The zero-order chi connectivity index (χ0) is 22.3. The van der Waals surface area contributed by atoms with Gasteiger partial charge in [-0.25, -0.2) is 9.97 Å². The lowest BCUT2D eigenvalue weighted by Crippen LogP contribution is -2.29. The number of nitrogens with zero attached hydrogens (tertiary/aromatic N) is 6. The van der Waals surface area contributed by atoms with Gasteiger partial charge in [-0.05, 0) is 32.0 Å². The standard InChI is InChI=1S/C19H17F3N8OS/c20-19(21,22)14-9-32-18(27-14)17-29-28-16(31-17)13-5-10(6-25-15(13)23)11-7-26-30(8-11)12-1-3-24-4-2-12/h5-9,12,24H,1-4H2,(H2,23,25). The largest absolute Gasteiger partial charge is 0.434 e. The summed E-state index contributed by atoms with van der Waals surface area (Å²) < 4.78 is 45.9. The summed E-state index contributed by atoms with van der Waals surface area (Å²) in [5, 5.41) is 16.4. The molecule has 0 saturated carbocycles. The minimum atomic E-state index is -4.54. The lowest BCUT2D eigenvalue weighted by Gasteiger charge is -2.22. The molecule has 5 heterocycles. The van der Waals surface area contributed by atoms with E-state index >= 15 is 0 Å². The van der Waals surface area contributed by atoms with Gasteiger partial charge in [-0.3, -0.25) is 4.68 Å². The summed E-state index contributed by atoms with van der Waals surface area (Å²) >= 11 is 0.769. The number of piperidine rings is 1. The Morgan fingerprint density at radius 1 is 1.12 bits per heavy atom.